The molecular weight excluding hydrogens is 320 g/mol. The third-order valence-electron chi connectivity index (χ3n) is 3.72. The highest BCUT2D eigenvalue weighted by Crippen LogP contribution is 2.38. The minimum atomic E-state index is 0.563. The highest BCUT2D eigenvalue weighted by atomic mass is 79.9. The summed E-state index contributed by atoms with van der Waals surface area (Å²) in [5.74, 6) is 1.72. The number of piperazine rings is 1. The molecule has 1 saturated heterocycles. The van der Waals surface area contributed by atoms with Gasteiger partial charge in [0.1, 0.15) is 0 Å². The van der Waals surface area contributed by atoms with Crippen LogP contribution in [0.3, 0.4) is 0 Å². The SMILES string of the molecule is CC1CN(Cc2cc(Br)c3c(c2)OCCCO3)CCN1. The second-order valence-electron chi connectivity index (χ2n) is 5.55. The van der Waals surface area contributed by atoms with Crippen molar-refractivity contribution in [2.45, 2.75) is 25.9 Å². The molecule has 0 aromatic heterocycles. The van der Waals surface area contributed by atoms with Crippen LogP contribution in [-0.2, 0) is 6.54 Å². The van der Waals surface area contributed by atoms with Crippen LogP contribution in [-0.4, -0.2) is 43.8 Å². The summed E-state index contributed by atoms with van der Waals surface area (Å²) in [5, 5.41) is 3.47. The Balaban J connectivity index is 1.76. The predicted molar refractivity (Wildman–Crippen MR) is 82.5 cm³/mol. The van der Waals surface area contributed by atoms with Crippen LogP contribution >= 0.6 is 15.9 Å². The number of rotatable bonds is 2. The Morgan fingerprint density at radius 3 is 3.05 bits per heavy atom. The topological polar surface area (TPSA) is 33.7 Å². The van der Waals surface area contributed by atoms with Gasteiger partial charge in [-0.2, -0.15) is 0 Å². The Morgan fingerprint density at radius 1 is 1.35 bits per heavy atom. The lowest BCUT2D eigenvalue weighted by atomic mass is 10.1. The Labute approximate surface area is 128 Å². The summed E-state index contributed by atoms with van der Waals surface area (Å²) in [6.07, 6.45) is 0.936. The van der Waals surface area contributed by atoms with E-state index in [0.29, 0.717) is 6.04 Å². The van der Waals surface area contributed by atoms with Crippen LogP contribution in [0.1, 0.15) is 18.9 Å². The lowest BCUT2D eigenvalue weighted by molar-refractivity contribution is 0.199. The molecule has 0 radical (unpaired) electrons. The first kappa shape index (κ1) is 14.2. The molecule has 20 heavy (non-hydrogen) atoms. The van der Waals surface area contributed by atoms with Gasteiger partial charge < -0.3 is 14.8 Å². The molecular formula is C15H21BrN2O2. The van der Waals surface area contributed by atoms with Gasteiger partial charge >= 0.3 is 0 Å². The Morgan fingerprint density at radius 2 is 2.20 bits per heavy atom. The summed E-state index contributed by atoms with van der Waals surface area (Å²) in [4.78, 5) is 2.48. The number of nitrogens with zero attached hydrogens (tertiary/aromatic N) is 1. The van der Waals surface area contributed by atoms with Gasteiger partial charge in [0.15, 0.2) is 11.5 Å². The first-order valence-corrected chi connectivity index (χ1v) is 8.05. The van der Waals surface area contributed by atoms with Crippen LogP contribution in [0.15, 0.2) is 16.6 Å². The smallest absolute Gasteiger partial charge is 0.175 e. The molecule has 2 aliphatic rings. The first-order chi connectivity index (χ1) is 9.72. The summed E-state index contributed by atoms with van der Waals surface area (Å²) >= 11 is 3.61. The molecule has 1 N–H and O–H groups in total. The van der Waals surface area contributed by atoms with E-state index in [1.165, 1.54) is 5.56 Å². The van der Waals surface area contributed by atoms with Gasteiger partial charge in [0.25, 0.3) is 0 Å². The van der Waals surface area contributed by atoms with E-state index < -0.39 is 0 Å². The van der Waals surface area contributed by atoms with E-state index in [4.69, 9.17) is 9.47 Å². The maximum Gasteiger partial charge on any atom is 0.175 e. The number of hydrogen-bond acceptors (Lipinski definition) is 4. The fraction of sp³-hybridized carbons (Fsp3) is 0.600. The lowest BCUT2D eigenvalue weighted by Gasteiger charge is -2.32. The highest BCUT2D eigenvalue weighted by Gasteiger charge is 2.19. The largest absolute Gasteiger partial charge is 0.490 e. The van der Waals surface area contributed by atoms with Gasteiger partial charge in [-0.3, -0.25) is 4.90 Å². The van der Waals surface area contributed by atoms with Gasteiger partial charge in [0.05, 0.1) is 17.7 Å². The maximum absolute atomic E-state index is 5.79. The molecule has 1 fully saturated rings. The summed E-state index contributed by atoms with van der Waals surface area (Å²) in [7, 11) is 0. The molecule has 5 heteroatoms. The maximum atomic E-state index is 5.79. The van der Waals surface area contributed by atoms with Gasteiger partial charge in [-0.05, 0) is 40.5 Å². The molecule has 0 aliphatic carbocycles. The van der Waals surface area contributed by atoms with Crippen molar-refractivity contribution >= 4 is 15.9 Å². The van der Waals surface area contributed by atoms with Crippen molar-refractivity contribution in [1.82, 2.24) is 10.2 Å². The lowest BCUT2D eigenvalue weighted by Crippen LogP contribution is -2.48. The Hall–Kier alpha value is -0.780. The standard InChI is InChI=1S/C15H21BrN2O2/c1-11-9-18(4-3-17-11)10-12-7-13(16)15-14(8-12)19-5-2-6-20-15/h7-8,11,17H,2-6,9-10H2,1H3. The van der Waals surface area contributed by atoms with Crippen LogP contribution in [0.5, 0.6) is 11.5 Å². The zero-order chi connectivity index (χ0) is 13.9. The van der Waals surface area contributed by atoms with Gasteiger partial charge in [-0.15, -0.1) is 0 Å². The van der Waals surface area contributed by atoms with Crippen molar-refractivity contribution in [3.63, 3.8) is 0 Å². The molecule has 2 heterocycles. The average molecular weight is 341 g/mol. The molecule has 110 valence electrons. The zero-order valence-electron chi connectivity index (χ0n) is 11.8. The van der Waals surface area contributed by atoms with Crippen LogP contribution in [0.25, 0.3) is 0 Å². The Kier molecular flexibility index (Phi) is 4.48. The summed E-state index contributed by atoms with van der Waals surface area (Å²) in [5.41, 5.74) is 1.27. The number of nitrogens with one attached hydrogen (secondary N) is 1. The second kappa shape index (κ2) is 6.33. The molecule has 1 aromatic rings. The van der Waals surface area contributed by atoms with Crippen LogP contribution < -0.4 is 14.8 Å². The van der Waals surface area contributed by atoms with Gasteiger partial charge in [-0.1, -0.05) is 0 Å². The van der Waals surface area contributed by atoms with Crippen molar-refractivity contribution in [3.8, 4) is 11.5 Å². The van der Waals surface area contributed by atoms with E-state index in [1.54, 1.807) is 0 Å². The van der Waals surface area contributed by atoms with E-state index in [0.717, 1.165) is 61.8 Å². The van der Waals surface area contributed by atoms with Gasteiger partial charge in [0.2, 0.25) is 0 Å². The van der Waals surface area contributed by atoms with E-state index in [2.05, 4.69) is 45.2 Å². The molecule has 0 saturated carbocycles. The monoisotopic (exact) mass is 340 g/mol. The molecule has 1 aromatic carbocycles. The van der Waals surface area contributed by atoms with Crippen LogP contribution in [0.4, 0.5) is 0 Å². The highest BCUT2D eigenvalue weighted by molar-refractivity contribution is 9.10. The number of ether oxygens (including phenoxy) is 2. The van der Waals surface area contributed by atoms with Crippen LogP contribution in [0.2, 0.25) is 0 Å². The molecule has 3 rings (SSSR count). The van der Waals surface area contributed by atoms with E-state index in [1.807, 2.05) is 0 Å². The number of hydrogen-bond donors (Lipinski definition) is 1. The number of benzene rings is 1. The van der Waals surface area contributed by atoms with Crippen LogP contribution in [0, 0.1) is 0 Å². The predicted octanol–water partition coefficient (Wildman–Crippen LogP) is 2.40. The molecule has 4 nitrogen and oxygen atoms in total. The quantitative estimate of drug-likeness (QED) is 0.896. The third kappa shape index (κ3) is 3.27. The summed E-state index contributed by atoms with van der Waals surface area (Å²) < 4.78 is 12.5. The fourth-order valence-corrected chi connectivity index (χ4v) is 3.39. The Bertz CT molecular complexity index is 481. The fourth-order valence-electron chi connectivity index (χ4n) is 2.79. The van der Waals surface area contributed by atoms with E-state index >= 15 is 0 Å². The van der Waals surface area contributed by atoms with E-state index in [9.17, 15) is 0 Å². The van der Waals surface area contributed by atoms with Gasteiger partial charge in [-0.25, -0.2) is 0 Å². The minimum Gasteiger partial charge on any atom is -0.490 e. The molecule has 0 amide bonds. The molecule has 1 atom stereocenters. The minimum absolute atomic E-state index is 0.563. The average Bonchev–Trinajstić information content (AvgIpc) is 2.64. The molecule has 0 bridgehead atoms. The first-order valence-electron chi connectivity index (χ1n) is 7.26. The molecule has 0 spiro atoms. The molecule has 1 unspecified atom stereocenters. The summed E-state index contributed by atoms with van der Waals surface area (Å²) in [6.45, 7) is 7.89. The van der Waals surface area contributed by atoms with Crippen molar-refractivity contribution in [2.24, 2.45) is 0 Å². The van der Waals surface area contributed by atoms with Crippen molar-refractivity contribution in [2.75, 3.05) is 32.8 Å². The van der Waals surface area contributed by atoms with Gasteiger partial charge in [0, 0.05) is 38.6 Å². The number of halogens is 1. The zero-order valence-corrected chi connectivity index (χ0v) is 13.4. The van der Waals surface area contributed by atoms with Crippen molar-refractivity contribution in [3.05, 3.63) is 22.2 Å². The second-order valence-corrected chi connectivity index (χ2v) is 6.40. The number of fused-ring (bicyclic) bond motifs is 1. The van der Waals surface area contributed by atoms with E-state index in [-0.39, 0.29) is 0 Å². The summed E-state index contributed by atoms with van der Waals surface area (Å²) in [6, 6.07) is 4.84. The third-order valence-corrected chi connectivity index (χ3v) is 4.31. The van der Waals surface area contributed by atoms with Crippen molar-refractivity contribution < 1.29 is 9.47 Å². The molecule has 2 aliphatic heterocycles. The normalized spacial score (nSPS) is 23.4. The van der Waals surface area contributed by atoms with Crippen molar-refractivity contribution in [1.29, 1.82) is 0 Å².